The number of hydrogen-bond acceptors (Lipinski definition) is 6. The lowest BCUT2D eigenvalue weighted by Crippen LogP contribution is -2.37. The Morgan fingerprint density at radius 3 is 1.81 bits per heavy atom. The Morgan fingerprint density at radius 2 is 1.34 bits per heavy atom. The Kier molecular flexibility index (Phi) is 17.0. The van der Waals surface area contributed by atoms with E-state index in [2.05, 4.69) is 0 Å². The Labute approximate surface area is 193 Å². The largest absolute Gasteiger partial charge is 0.459 e. The molecule has 180 valence electrons. The predicted octanol–water partition coefficient (Wildman–Crippen LogP) is 3.93. The molecule has 0 saturated carbocycles. The van der Waals surface area contributed by atoms with E-state index in [1.807, 2.05) is 88.4 Å². The van der Waals surface area contributed by atoms with Crippen molar-refractivity contribution < 1.29 is 24.5 Å². The SMILES string of the molecule is CC.CC(CN)C(OCc1ccccc1)C(C)CC(O)C(=O)OCc1ccccc1.CO. The highest BCUT2D eigenvalue weighted by Crippen LogP contribution is 2.23. The summed E-state index contributed by atoms with van der Waals surface area (Å²) in [5.74, 6) is -0.564. The van der Waals surface area contributed by atoms with Crippen molar-refractivity contribution in [2.24, 2.45) is 17.6 Å². The first kappa shape index (κ1) is 29.8. The van der Waals surface area contributed by atoms with Gasteiger partial charge in [0.05, 0.1) is 12.7 Å². The summed E-state index contributed by atoms with van der Waals surface area (Å²) in [6, 6.07) is 19.3. The van der Waals surface area contributed by atoms with E-state index in [0.29, 0.717) is 13.2 Å². The molecule has 32 heavy (non-hydrogen) atoms. The Hall–Kier alpha value is -2.25. The molecule has 0 heterocycles. The maximum Gasteiger partial charge on any atom is 0.335 e. The average molecular weight is 448 g/mol. The van der Waals surface area contributed by atoms with Crippen molar-refractivity contribution in [1.82, 2.24) is 0 Å². The van der Waals surface area contributed by atoms with Gasteiger partial charge in [0, 0.05) is 7.11 Å². The number of nitrogens with two attached hydrogens (primary N) is 1. The van der Waals surface area contributed by atoms with Crippen LogP contribution in [0.1, 0.15) is 45.2 Å². The second kappa shape index (κ2) is 18.3. The van der Waals surface area contributed by atoms with Crippen LogP contribution in [0.25, 0.3) is 0 Å². The van der Waals surface area contributed by atoms with Gasteiger partial charge in [-0.15, -0.1) is 0 Å². The molecular formula is C26H41NO5. The van der Waals surface area contributed by atoms with Crippen LogP contribution in [0, 0.1) is 11.8 Å². The first-order valence-corrected chi connectivity index (χ1v) is 11.2. The summed E-state index contributed by atoms with van der Waals surface area (Å²) in [4.78, 5) is 12.2. The van der Waals surface area contributed by atoms with Crippen LogP contribution >= 0.6 is 0 Å². The summed E-state index contributed by atoms with van der Waals surface area (Å²) in [7, 11) is 1.00. The molecule has 6 heteroatoms. The third kappa shape index (κ3) is 11.4. The van der Waals surface area contributed by atoms with Gasteiger partial charge in [-0.25, -0.2) is 4.79 Å². The minimum Gasteiger partial charge on any atom is -0.459 e. The fourth-order valence-corrected chi connectivity index (χ4v) is 3.20. The molecule has 6 nitrogen and oxygen atoms in total. The van der Waals surface area contributed by atoms with E-state index in [1.54, 1.807) is 0 Å². The van der Waals surface area contributed by atoms with E-state index in [9.17, 15) is 9.90 Å². The van der Waals surface area contributed by atoms with Crippen LogP contribution < -0.4 is 5.73 Å². The van der Waals surface area contributed by atoms with Crippen molar-refractivity contribution in [3.05, 3.63) is 71.8 Å². The van der Waals surface area contributed by atoms with Crippen LogP contribution in [-0.4, -0.2) is 42.0 Å². The summed E-state index contributed by atoms with van der Waals surface area (Å²) >= 11 is 0. The Morgan fingerprint density at radius 1 is 0.875 bits per heavy atom. The first-order chi connectivity index (χ1) is 15.5. The zero-order valence-electron chi connectivity index (χ0n) is 20.1. The van der Waals surface area contributed by atoms with Gasteiger partial charge < -0.3 is 25.4 Å². The molecule has 4 unspecified atom stereocenters. The lowest BCUT2D eigenvalue weighted by Gasteiger charge is -2.30. The molecule has 0 radical (unpaired) electrons. The number of ether oxygens (including phenoxy) is 2. The number of carbonyl (C=O) groups is 1. The van der Waals surface area contributed by atoms with Gasteiger partial charge in [0.2, 0.25) is 0 Å². The molecule has 2 aromatic carbocycles. The van der Waals surface area contributed by atoms with E-state index >= 15 is 0 Å². The molecule has 0 spiro atoms. The van der Waals surface area contributed by atoms with Crippen molar-refractivity contribution in [3.8, 4) is 0 Å². The summed E-state index contributed by atoms with van der Waals surface area (Å²) in [5.41, 5.74) is 7.81. The third-order valence-corrected chi connectivity index (χ3v) is 4.87. The van der Waals surface area contributed by atoms with Gasteiger partial charge >= 0.3 is 5.97 Å². The van der Waals surface area contributed by atoms with E-state index in [-0.39, 0.29) is 31.0 Å². The summed E-state index contributed by atoms with van der Waals surface area (Å²) in [5, 5.41) is 17.3. The van der Waals surface area contributed by atoms with E-state index < -0.39 is 12.1 Å². The predicted molar refractivity (Wildman–Crippen MR) is 129 cm³/mol. The van der Waals surface area contributed by atoms with Crippen molar-refractivity contribution in [2.45, 2.75) is 59.5 Å². The van der Waals surface area contributed by atoms with Crippen molar-refractivity contribution >= 4 is 5.97 Å². The van der Waals surface area contributed by atoms with E-state index in [1.165, 1.54) is 0 Å². The van der Waals surface area contributed by atoms with Crippen LogP contribution in [-0.2, 0) is 27.5 Å². The van der Waals surface area contributed by atoms with Crippen molar-refractivity contribution in [1.29, 1.82) is 0 Å². The van der Waals surface area contributed by atoms with Gasteiger partial charge in [0.1, 0.15) is 6.61 Å². The number of benzene rings is 2. The topological polar surface area (TPSA) is 102 Å². The number of carbonyl (C=O) groups excluding carboxylic acids is 1. The highest BCUT2D eigenvalue weighted by molar-refractivity contribution is 5.74. The highest BCUT2D eigenvalue weighted by atomic mass is 16.5. The van der Waals surface area contributed by atoms with Gasteiger partial charge in [-0.1, -0.05) is 88.4 Å². The van der Waals surface area contributed by atoms with Crippen LogP contribution in [0.3, 0.4) is 0 Å². The second-order valence-electron chi connectivity index (χ2n) is 7.30. The molecular weight excluding hydrogens is 406 g/mol. The lowest BCUT2D eigenvalue weighted by molar-refractivity contribution is -0.156. The fourth-order valence-electron chi connectivity index (χ4n) is 3.20. The minimum absolute atomic E-state index is 0.0541. The van der Waals surface area contributed by atoms with Crippen LogP contribution in [0.15, 0.2) is 60.7 Å². The molecule has 0 aliphatic rings. The maximum absolute atomic E-state index is 12.2. The molecule has 0 fully saturated rings. The molecule has 0 bridgehead atoms. The van der Waals surface area contributed by atoms with Gasteiger partial charge in [0.25, 0.3) is 0 Å². The van der Waals surface area contributed by atoms with Crippen LogP contribution in [0.5, 0.6) is 0 Å². The van der Waals surface area contributed by atoms with Gasteiger partial charge in [-0.3, -0.25) is 0 Å². The summed E-state index contributed by atoms with van der Waals surface area (Å²) in [6.45, 7) is 9.08. The molecule has 4 N–H and O–H groups in total. The second-order valence-corrected chi connectivity index (χ2v) is 7.30. The Balaban J connectivity index is 0.00000227. The summed E-state index contributed by atoms with van der Waals surface area (Å²) < 4.78 is 11.3. The molecule has 4 atom stereocenters. The molecule has 0 aliphatic carbocycles. The normalized spacial score (nSPS) is 13.9. The maximum atomic E-state index is 12.2. The highest BCUT2D eigenvalue weighted by Gasteiger charge is 2.28. The van der Waals surface area contributed by atoms with Crippen LogP contribution in [0.4, 0.5) is 0 Å². The summed E-state index contributed by atoms with van der Waals surface area (Å²) in [6.07, 6.45) is -1.09. The smallest absolute Gasteiger partial charge is 0.335 e. The monoisotopic (exact) mass is 447 g/mol. The molecule has 0 aliphatic heterocycles. The van der Waals surface area contributed by atoms with Crippen molar-refractivity contribution in [3.63, 3.8) is 0 Å². The van der Waals surface area contributed by atoms with Gasteiger partial charge in [0.15, 0.2) is 6.10 Å². The third-order valence-electron chi connectivity index (χ3n) is 4.87. The molecule has 0 saturated heterocycles. The first-order valence-electron chi connectivity index (χ1n) is 11.2. The Bertz CT molecular complexity index is 696. The van der Waals surface area contributed by atoms with Gasteiger partial charge in [-0.2, -0.15) is 0 Å². The quantitative estimate of drug-likeness (QED) is 0.451. The number of hydrogen-bond donors (Lipinski definition) is 3. The average Bonchev–Trinajstić information content (AvgIpc) is 2.86. The molecule has 0 aromatic heterocycles. The standard InChI is InChI=1S/C23H31NO4.C2H6.CH4O/c1-17(13-21(25)23(26)28-16-20-11-7-4-8-12-20)22(18(2)14-24)27-15-19-9-5-3-6-10-19;2*1-2/h3-12,17-18,21-22,25H,13-16,24H2,1-2H3;1-2H3;2H,1H3. The van der Waals surface area contributed by atoms with Crippen LogP contribution in [0.2, 0.25) is 0 Å². The number of aliphatic hydroxyl groups is 2. The molecule has 0 amide bonds. The van der Waals surface area contributed by atoms with Gasteiger partial charge in [-0.05, 0) is 35.9 Å². The number of rotatable bonds is 11. The molecule has 2 rings (SSSR count). The number of esters is 1. The number of aliphatic hydroxyl groups excluding tert-OH is 2. The van der Waals surface area contributed by atoms with E-state index in [4.69, 9.17) is 20.3 Å². The molecule has 2 aromatic rings. The van der Waals surface area contributed by atoms with Crippen molar-refractivity contribution in [2.75, 3.05) is 13.7 Å². The minimum atomic E-state index is -1.19. The fraction of sp³-hybridized carbons (Fsp3) is 0.500. The zero-order valence-corrected chi connectivity index (χ0v) is 20.1. The van der Waals surface area contributed by atoms with E-state index in [0.717, 1.165) is 18.2 Å². The lowest BCUT2D eigenvalue weighted by atomic mass is 9.89. The zero-order chi connectivity index (χ0) is 24.4.